The number of benzene rings is 2. The summed E-state index contributed by atoms with van der Waals surface area (Å²) in [4.78, 5) is 29.2. The molecule has 0 atom stereocenters. The van der Waals surface area contributed by atoms with Crippen molar-refractivity contribution in [2.45, 2.75) is 19.6 Å². The van der Waals surface area contributed by atoms with Gasteiger partial charge in [-0.15, -0.1) is 11.3 Å². The fraction of sp³-hybridized carbons (Fsp3) is 0.241. The van der Waals surface area contributed by atoms with Gasteiger partial charge in [0.25, 0.3) is 5.56 Å². The van der Waals surface area contributed by atoms with Gasteiger partial charge in [0.15, 0.2) is 0 Å². The van der Waals surface area contributed by atoms with Crippen LogP contribution in [0.4, 0.5) is 30.5 Å². The molecule has 3 aromatic heterocycles. The van der Waals surface area contributed by atoms with Gasteiger partial charge in [0, 0.05) is 78.0 Å². The molecule has 42 heavy (non-hydrogen) atoms. The number of hydrogen-bond acceptors (Lipinski definition) is 8. The first-order valence-electron chi connectivity index (χ1n) is 13.3. The van der Waals surface area contributed by atoms with Gasteiger partial charge >= 0.3 is 6.18 Å². The number of aromatic nitrogens is 4. The summed E-state index contributed by atoms with van der Waals surface area (Å²) in [6, 6.07) is 11.3. The zero-order valence-corrected chi connectivity index (χ0v) is 23.9. The van der Waals surface area contributed by atoms with Crippen LogP contribution in [0.2, 0.25) is 5.02 Å². The molecule has 6 rings (SSSR count). The van der Waals surface area contributed by atoms with Gasteiger partial charge in [-0.2, -0.15) is 18.2 Å². The number of pyridine rings is 1. The lowest BCUT2D eigenvalue weighted by Crippen LogP contribution is -2.44. The molecule has 0 spiro atoms. The van der Waals surface area contributed by atoms with Crippen LogP contribution in [0.1, 0.15) is 12.5 Å². The average Bonchev–Trinajstić information content (AvgIpc) is 3.52. The van der Waals surface area contributed by atoms with Crippen molar-refractivity contribution in [3.63, 3.8) is 0 Å². The van der Waals surface area contributed by atoms with E-state index >= 15 is 0 Å². The molecule has 0 amide bonds. The summed E-state index contributed by atoms with van der Waals surface area (Å²) in [6.45, 7) is 4.34. The fourth-order valence-corrected chi connectivity index (χ4v) is 6.00. The Labute approximate surface area is 247 Å². The molecule has 0 radical (unpaired) electrons. The molecule has 2 aromatic carbocycles. The zero-order valence-electron chi connectivity index (χ0n) is 22.4. The van der Waals surface area contributed by atoms with Gasteiger partial charge in [-0.1, -0.05) is 23.7 Å². The van der Waals surface area contributed by atoms with Gasteiger partial charge in [-0.05, 0) is 42.8 Å². The maximum atomic E-state index is 14.0. The Bertz CT molecular complexity index is 1820. The third-order valence-electron chi connectivity index (χ3n) is 7.14. The number of halogens is 4. The van der Waals surface area contributed by atoms with E-state index in [-0.39, 0.29) is 22.9 Å². The van der Waals surface area contributed by atoms with Crippen LogP contribution >= 0.6 is 22.9 Å². The van der Waals surface area contributed by atoms with Crippen LogP contribution in [0, 0.1) is 0 Å². The van der Waals surface area contributed by atoms with Crippen molar-refractivity contribution in [3.8, 4) is 21.6 Å². The third kappa shape index (κ3) is 5.44. The number of rotatable bonds is 6. The minimum atomic E-state index is -4.54. The zero-order chi connectivity index (χ0) is 29.4. The van der Waals surface area contributed by atoms with Crippen molar-refractivity contribution < 1.29 is 13.2 Å². The summed E-state index contributed by atoms with van der Waals surface area (Å²) in [7, 11) is 0. The number of piperazine rings is 1. The molecule has 13 heteroatoms. The molecule has 1 aliphatic rings. The predicted octanol–water partition coefficient (Wildman–Crippen LogP) is 6.43. The highest BCUT2D eigenvalue weighted by Crippen LogP contribution is 2.39. The number of alkyl halides is 3. The molecule has 0 unspecified atom stereocenters. The van der Waals surface area contributed by atoms with E-state index in [2.05, 4.69) is 25.6 Å². The number of anilines is 3. The maximum absolute atomic E-state index is 14.0. The van der Waals surface area contributed by atoms with E-state index in [1.54, 1.807) is 47.1 Å². The highest BCUT2D eigenvalue weighted by atomic mass is 35.5. The minimum absolute atomic E-state index is 0.0758. The smallest absolute Gasteiger partial charge is 0.368 e. The van der Waals surface area contributed by atoms with Crippen LogP contribution in [-0.2, 0) is 12.7 Å². The van der Waals surface area contributed by atoms with Gasteiger partial charge in [-0.3, -0.25) is 14.3 Å². The molecular formula is C29H25ClF3N7OS. The van der Waals surface area contributed by atoms with E-state index in [0.29, 0.717) is 59.9 Å². The second kappa shape index (κ2) is 11.3. The summed E-state index contributed by atoms with van der Waals surface area (Å²) >= 11 is 8.12. The third-order valence-corrected chi connectivity index (χ3v) is 8.27. The molecular weight excluding hydrogens is 587 g/mol. The quantitative estimate of drug-likeness (QED) is 0.229. The summed E-state index contributed by atoms with van der Waals surface area (Å²) in [6.07, 6.45) is -1.25. The number of nitrogens with one attached hydrogen (secondary N) is 2. The number of thiazole rings is 1. The van der Waals surface area contributed by atoms with Gasteiger partial charge in [-0.25, -0.2) is 4.98 Å². The van der Waals surface area contributed by atoms with Crippen molar-refractivity contribution in [3.05, 3.63) is 81.3 Å². The van der Waals surface area contributed by atoms with E-state index in [9.17, 15) is 18.0 Å². The van der Waals surface area contributed by atoms with Crippen LogP contribution in [0.3, 0.4) is 0 Å². The first kappa shape index (κ1) is 28.1. The van der Waals surface area contributed by atoms with E-state index in [1.165, 1.54) is 22.0 Å². The van der Waals surface area contributed by atoms with Crippen molar-refractivity contribution in [2.24, 2.45) is 0 Å². The van der Waals surface area contributed by atoms with Crippen molar-refractivity contribution >= 4 is 51.3 Å². The van der Waals surface area contributed by atoms with Crippen molar-refractivity contribution in [1.29, 1.82) is 0 Å². The largest absolute Gasteiger partial charge is 0.418 e. The average molecular weight is 612 g/mol. The fourth-order valence-electron chi connectivity index (χ4n) is 5.10. The second-order valence-corrected chi connectivity index (χ2v) is 11.0. The Morgan fingerprint density at radius 1 is 1.07 bits per heavy atom. The van der Waals surface area contributed by atoms with E-state index in [4.69, 9.17) is 11.6 Å². The molecule has 1 fully saturated rings. The van der Waals surface area contributed by atoms with Gasteiger partial charge < -0.3 is 15.5 Å². The molecule has 216 valence electrons. The summed E-state index contributed by atoms with van der Waals surface area (Å²) in [5, 5.41) is 7.05. The molecule has 0 bridgehead atoms. The lowest BCUT2D eigenvalue weighted by atomic mass is 10.0. The maximum Gasteiger partial charge on any atom is 0.418 e. The molecule has 4 heterocycles. The molecule has 0 aliphatic carbocycles. The molecule has 5 aromatic rings. The SMILES string of the molecule is CCn1c(=O)c(-c2ccc(-c3cncs3)cc2Cl)cc2cnc(Nc3ccc(N4CCNCC4)c(C(F)(F)F)c3)nc21. The highest BCUT2D eigenvalue weighted by Gasteiger charge is 2.35. The second-order valence-electron chi connectivity index (χ2n) is 9.73. The van der Waals surface area contributed by atoms with E-state index in [0.717, 1.165) is 16.5 Å². The van der Waals surface area contributed by atoms with Crippen LogP contribution < -0.4 is 21.1 Å². The van der Waals surface area contributed by atoms with Crippen LogP contribution in [0.15, 0.2) is 65.2 Å². The Morgan fingerprint density at radius 2 is 1.88 bits per heavy atom. The van der Waals surface area contributed by atoms with Gasteiger partial charge in [0.2, 0.25) is 5.95 Å². The van der Waals surface area contributed by atoms with Crippen molar-refractivity contribution in [1.82, 2.24) is 24.8 Å². The predicted molar refractivity (Wildman–Crippen MR) is 161 cm³/mol. The Kier molecular flexibility index (Phi) is 7.60. The van der Waals surface area contributed by atoms with Crippen molar-refractivity contribution in [2.75, 3.05) is 36.4 Å². The number of aryl methyl sites for hydroxylation is 1. The van der Waals surface area contributed by atoms with E-state index < -0.39 is 11.7 Å². The van der Waals surface area contributed by atoms with Gasteiger partial charge in [0.05, 0.1) is 16.0 Å². The van der Waals surface area contributed by atoms with Crippen LogP contribution in [0.25, 0.3) is 32.6 Å². The Balaban J connectivity index is 1.35. The lowest BCUT2D eigenvalue weighted by molar-refractivity contribution is -0.137. The number of hydrogen-bond donors (Lipinski definition) is 2. The highest BCUT2D eigenvalue weighted by molar-refractivity contribution is 7.13. The molecule has 2 N–H and O–H groups in total. The van der Waals surface area contributed by atoms with Gasteiger partial charge in [0.1, 0.15) is 5.65 Å². The monoisotopic (exact) mass is 611 g/mol. The Morgan fingerprint density at radius 3 is 2.57 bits per heavy atom. The lowest BCUT2D eigenvalue weighted by Gasteiger charge is -2.31. The Hall–Kier alpha value is -4.00. The summed E-state index contributed by atoms with van der Waals surface area (Å²) < 4.78 is 43.6. The molecule has 1 aliphatic heterocycles. The number of nitrogens with zero attached hydrogens (tertiary/aromatic N) is 5. The minimum Gasteiger partial charge on any atom is -0.368 e. The number of fused-ring (bicyclic) bond motifs is 1. The molecule has 0 saturated carbocycles. The standard InChI is InChI=1S/C29H25ClF3N7OS/c1-2-40-26-18(11-21(27(40)41)20-5-3-17(12-23(20)30)25-15-35-16-42-25)14-36-28(38-26)37-19-4-6-24(22(13-19)29(31,32)33)39-9-7-34-8-10-39/h3-6,11-16,34H,2,7-10H2,1H3,(H,36,37,38). The molecule has 8 nitrogen and oxygen atoms in total. The normalized spacial score (nSPS) is 14.0. The molecule has 1 saturated heterocycles. The summed E-state index contributed by atoms with van der Waals surface area (Å²) in [5.74, 6) is 0.0758. The topological polar surface area (TPSA) is 88.0 Å². The van der Waals surface area contributed by atoms with Crippen LogP contribution in [0.5, 0.6) is 0 Å². The summed E-state index contributed by atoms with van der Waals surface area (Å²) in [5.41, 5.74) is 3.27. The van der Waals surface area contributed by atoms with E-state index in [1.807, 2.05) is 13.0 Å². The van der Waals surface area contributed by atoms with Crippen LogP contribution in [-0.4, -0.2) is 45.7 Å². The first-order chi connectivity index (χ1) is 20.2. The first-order valence-corrected chi connectivity index (χ1v) is 14.5.